The molecule has 0 amide bonds. The van der Waals surface area contributed by atoms with Gasteiger partial charge in [-0.1, -0.05) is 0 Å². The van der Waals surface area contributed by atoms with Crippen LogP contribution in [0.3, 0.4) is 0 Å². The molecule has 2 aromatic rings. The van der Waals surface area contributed by atoms with Gasteiger partial charge in [-0.05, 0) is 63.1 Å². The number of halogens is 6. The molecule has 0 unspecified atom stereocenters. The molecule has 4 nitrogen and oxygen atoms in total. The summed E-state index contributed by atoms with van der Waals surface area (Å²) in [7, 11) is 0. The summed E-state index contributed by atoms with van der Waals surface area (Å²) >= 11 is 0. The normalized spacial score (nSPS) is 13.6. The van der Waals surface area contributed by atoms with Crippen molar-refractivity contribution >= 4 is 0 Å². The van der Waals surface area contributed by atoms with E-state index in [0.717, 1.165) is 24.3 Å². The van der Waals surface area contributed by atoms with E-state index in [1.165, 1.54) is 24.3 Å². The van der Waals surface area contributed by atoms with Crippen molar-refractivity contribution in [2.24, 2.45) is 0 Å². The molecule has 2 rings (SSSR count). The summed E-state index contributed by atoms with van der Waals surface area (Å²) in [5.41, 5.74) is -3.22. The number of hydrogen-bond donors (Lipinski definition) is 0. The van der Waals surface area contributed by atoms with E-state index in [1.807, 2.05) is 0 Å². The van der Waals surface area contributed by atoms with E-state index < -0.39 is 46.8 Å². The van der Waals surface area contributed by atoms with Gasteiger partial charge in [-0.3, -0.25) is 0 Å². The van der Waals surface area contributed by atoms with Crippen LogP contribution >= 0.6 is 0 Å². The molecule has 32 heavy (non-hydrogen) atoms. The predicted octanol–water partition coefficient (Wildman–Crippen LogP) is 6.48. The zero-order valence-electron chi connectivity index (χ0n) is 17.0. The molecule has 0 saturated heterocycles. The first kappa shape index (κ1) is 24.9. The Balaban J connectivity index is 1.99. The minimum absolute atomic E-state index is 0.0562. The van der Waals surface area contributed by atoms with Crippen LogP contribution in [0, 0.1) is 22.7 Å². The molecule has 0 aliphatic heterocycles. The Labute approximate surface area is 180 Å². The molecule has 0 heterocycles. The van der Waals surface area contributed by atoms with Crippen LogP contribution in [0.4, 0.5) is 26.3 Å². The van der Waals surface area contributed by atoms with Crippen LogP contribution in [0.25, 0.3) is 0 Å². The number of nitrogens with zero attached hydrogens (tertiary/aromatic N) is 2. The summed E-state index contributed by atoms with van der Waals surface area (Å²) in [4.78, 5) is 0. The first-order valence-electron chi connectivity index (χ1n) is 9.41. The largest absolute Gasteiger partial charge is 0.491 e. The van der Waals surface area contributed by atoms with Gasteiger partial charge >= 0.3 is 12.4 Å². The van der Waals surface area contributed by atoms with Gasteiger partial charge in [-0.25, -0.2) is 0 Å². The van der Waals surface area contributed by atoms with Crippen LogP contribution in [-0.4, -0.2) is 12.2 Å². The van der Waals surface area contributed by atoms with Crippen LogP contribution in [-0.2, 0) is 12.4 Å². The third-order valence-electron chi connectivity index (χ3n) is 4.49. The maximum Gasteiger partial charge on any atom is 0.417 e. The van der Waals surface area contributed by atoms with Crippen molar-refractivity contribution in [3.63, 3.8) is 0 Å². The molecule has 0 saturated carbocycles. The van der Waals surface area contributed by atoms with Crippen LogP contribution < -0.4 is 9.47 Å². The molecular weight excluding hydrogens is 438 g/mol. The number of benzene rings is 2. The van der Waals surface area contributed by atoms with Crippen molar-refractivity contribution in [3.8, 4) is 23.6 Å². The maximum atomic E-state index is 13.1. The van der Waals surface area contributed by atoms with Gasteiger partial charge in [0.25, 0.3) is 0 Å². The second-order valence-electron chi connectivity index (χ2n) is 7.07. The molecule has 0 aromatic heterocycles. The summed E-state index contributed by atoms with van der Waals surface area (Å²) in [5, 5.41) is 17.7. The molecule has 0 radical (unpaired) electrons. The van der Waals surface area contributed by atoms with Crippen LogP contribution in [0.5, 0.6) is 11.5 Å². The number of alkyl halides is 6. The summed E-state index contributed by atoms with van der Waals surface area (Å²) in [6.07, 6.45) is -9.78. The fourth-order valence-corrected chi connectivity index (χ4v) is 2.91. The van der Waals surface area contributed by atoms with Gasteiger partial charge in [0.05, 0.1) is 46.6 Å². The van der Waals surface area contributed by atoms with Crippen LogP contribution in [0.1, 0.15) is 48.9 Å². The Kier molecular flexibility index (Phi) is 7.63. The first-order chi connectivity index (χ1) is 14.8. The molecular formula is C22H18F6N2O2. The predicted molar refractivity (Wildman–Crippen MR) is 102 cm³/mol. The van der Waals surface area contributed by atoms with Crippen molar-refractivity contribution in [3.05, 3.63) is 58.7 Å². The summed E-state index contributed by atoms with van der Waals surface area (Å²) in [5.74, 6) is -0.112. The summed E-state index contributed by atoms with van der Waals surface area (Å²) in [6.45, 7) is 3.25. The number of hydrogen-bond acceptors (Lipinski definition) is 4. The van der Waals surface area contributed by atoms with Gasteiger partial charge < -0.3 is 9.47 Å². The number of rotatable bonds is 7. The molecule has 0 bridgehead atoms. The number of ether oxygens (including phenoxy) is 2. The first-order valence-corrected chi connectivity index (χ1v) is 9.41. The van der Waals surface area contributed by atoms with E-state index in [9.17, 15) is 26.3 Å². The Morgan fingerprint density at radius 2 is 1.06 bits per heavy atom. The zero-order chi connectivity index (χ0) is 24.1. The fraction of sp³-hybridized carbons (Fsp3) is 0.364. The molecule has 0 aliphatic rings. The zero-order valence-corrected chi connectivity index (χ0v) is 17.0. The third-order valence-corrected chi connectivity index (χ3v) is 4.49. The third kappa shape index (κ3) is 6.55. The Morgan fingerprint density at radius 1 is 0.719 bits per heavy atom. The highest BCUT2D eigenvalue weighted by atomic mass is 19.4. The molecule has 0 aliphatic carbocycles. The molecule has 0 N–H and O–H groups in total. The Morgan fingerprint density at radius 3 is 1.34 bits per heavy atom. The average molecular weight is 456 g/mol. The fourth-order valence-electron chi connectivity index (χ4n) is 2.91. The van der Waals surface area contributed by atoms with Crippen molar-refractivity contribution in [2.45, 2.75) is 51.2 Å². The van der Waals surface area contributed by atoms with Gasteiger partial charge in [0.1, 0.15) is 11.5 Å². The van der Waals surface area contributed by atoms with E-state index in [-0.39, 0.29) is 11.5 Å². The lowest BCUT2D eigenvalue weighted by Crippen LogP contribution is -2.19. The van der Waals surface area contributed by atoms with Gasteiger partial charge in [0, 0.05) is 0 Å². The van der Waals surface area contributed by atoms with Gasteiger partial charge in [0.15, 0.2) is 0 Å². The number of nitriles is 2. The summed E-state index contributed by atoms with van der Waals surface area (Å²) < 4.78 is 89.3. The lowest BCUT2D eigenvalue weighted by molar-refractivity contribution is -0.138. The van der Waals surface area contributed by atoms with Crippen molar-refractivity contribution in [1.82, 2.24) is 0 Å². The maximum absolute atomic E-state index is 13.1. The van der Waals surface area contributed by atoms with Crippen molar-refractivity contribution in [2.75, 3.05) is 0 Å². The van der Waals surface area contributed by atoms with E-state index in [4.69, 9.17) is 20.0 Å². The SMILES string of the molecule is C[C@@H](CC[C@H](C)Oc1ccc(C#N)c(C(F)(F)F)c1)Oc1ccc(C#N)c(C(F)(F)F)c1. The molecule has 2 aromatic carbocycles. The smallest absolute Gasteiger partial charge is 0.417 e. The van der Waals surface area contributed by atoms with E-state index in [1.54, 1.807) is 13.8 Å². The van der Waals surface area contributed by atoms with Crippen LogP contribution in [0.15, 0.2) is 36.4 Å². The van der Waals surface area contributed by atoms with Crippen molar-refractivity contribution in [1.29, 1.82) is 10.5 Å². The monoisotopic (exact) mass is 456 g/mol. The highest BCUT2D eigenvalue weighted by Crippen LogP contribution is 2.35. The van der Waals surface area contributed by atoms with E-state index in [0.29, 0.717) is 12.8 Å². The second kappa shape index (κ2) is 9.82. The molecule has 10 heteroatoms. The topological polar surface area (TPSA) is 66.0 Å². The van der Waals surface area contributed by atoms with Gasteiger partial charge in [0.2, 0.25) is 0 Å². The summed E-state index contributed by atoms with van der Waals surface area (Å²) in [6, 6.07) is 9.06. The van der Waals surface area contributed by atoms with E-state index in [2.05, 4.69) is 0 Å². The van der Waals surface area contributed by atoms with E-state index >= 15 is 0 Å². The average Bonchev–Trinajstić information content (AvgIpc) is 2.71. The lowest BCUT2D eigenvalue weighted by atomic mass is 10.1. The molecule has 170 valence electrons. The minimum Gasteiger partial charge on any atom is -0.491 e. The molecule has 0 fully saturated rings. The van der Waals surface area contributed by atoms with Gasteiger partial charge in [-0.15, -0.1) is 0 Å². The molecule has 0 spiro atoms. The van der Waals surface area contributed by atoms with Crippen molar-refractivity contribution < 1.29 is 35.8 Å². The highest BCUT2D eigenvalue weighted by Gasteiger charge is 2.35. The quantitative estimate of drug-likeness (QED) is 0.447. The minimum atomic E-state index is -4.70. The highest BCUT2D eigenvalue weighted by molar-refractivity contribution is 5.45. The standard InChI is InChI=1S/C22H18F6N2O2/c1-13(31-17-7-5-15(11-29)19(9-17)21(23,24)25)3-4-14(2)32-18-8-6-16(12-30)20(10-18)22(26,27)28/h5-10,13-14H,3-4H2,1-2H3/t13-,14-/m0/s1. The van der Waals surface area contributed by atoms with Gasteiger partial charge in [-0.2, -0.15) is 36.9 Å². The second-order valence-corrected chi connectivity index (χ2v) is 7.07. The lowest BCUT2D eigenvalue weighted by Gasteiger charge is -2.20. The Hall–Kier alpha value is -3.40. The van der Waals surface area contributed by atoms with Crippen LogP contribution in [0.2, 0.25) is 0 Å². The Bertz CT molecular complexity index is 951. The molecule has 2 atom stereocenters.